The molecule has 2 saturated heterocycles. The highest BCUT2D eigenvalue weighted by atomic mass is 19.4. The van der Waals surface area contributed by atoms with Gasteiger partial charge in [0.25, 0.3) is 5.91 Å². The number of amides is 2. The molecule has 2 aromatic heterocycles. The molecule has 0 aromatic carbocycles. The van der Waals surface area contributed by atoms with Crippen LogP contribution in [0.2, 0.25) is 0 Å². The van der Waals surface area contributed by atoms with Crippen LogP contribution in [0, 0.1) is 11.4 Å². The van der Waals surface area contributed by atoms with Gasteiger partial charge in [-0.3, -0.25) is 14.6 Å². The van der Waals surface area contributed by atoms with Gasteiger partial charge in [-0.25, -0.2) is 14.6 Å². The summed E-state index contributed by atoms with van der Waals surface area (Å²) in [5.41, 5.74) is 0.494. The third-order valence-electron chi connectivity index (χ3n) is 5.79. The van der Waals surface area contributed by atoms with Crippen molar-refractivity contribution in [2.45, 2.75) is 31.6 Å². The van der Waals surface area contributed by atoms with Crippen LogP contribution in [0.4, 0.5) is 36.4 Å². The highest BCUT2D eigenvalue weighted by molar-refractivity contribution is 6.01. The summed E-state index contributed by atoms with van der Waals surface area (Å²) in [7, 11) is 0. The largest absolute Gasteiger partial charge is 0.490 e. The molecule has 2 fully saturated rings. The number of aromatic nitrogens is 2. The number of anilines is 1. The first-order valence-corrected chi connectivity index (χ1v) is 11.2. The van der Waals surface area contributed by atoms with Crippen LogP contribution in [-0.4, -0.2) is 80.8 Å². The predicted molar refractivity (Wildman–Crippen MR) is 120 cm³/mol. The Kier molecular flexibility index (Phi) is 10.1. The van der Waals surface area contributed by atoms with E-state index in [0.717, 1.165) is 24.6 Å². The van der Waals surface area contributed by atoms with Crippen LogP contribution >= 0.6 is 0 Å². The third-order valence-corrected chi connectivity index (χ3v) is 5.79. The molecule has 2 aromatic rings. The second-order valence-corrected chi connectivity index (χ2v) is 8.50. The van der Waals surface area contributed by atoms with Crippen LogP contribution < -0.4 is 4.90 Å². The summed E-state index contributed by atoms with van der Waals surface area (Å²) < 4.78 is 76.8. The number of aliphatic carboxylic acids is 2. The highest BCUT2D eigenvalue weighted by Gasteiger charge is 2.50. The van der Waals surface area contributed by atoms with E-state index in [1.807, 2.05) is 12.1 Å². The Hall–Kier alpha value is -4.31. The fraction of sp³-hybridized carbons (Fsp3) is 0.391. The van der Waals surface area contributed by atoms with Gasteiger partial charge >= 0.3 is 24.3 Å². The molecule has 2 N–H and O–H groups in total. The summed E-state index contributed by atoms with van der Waals surface area (Å²) in [6.07, 6.45) is -3.30. The van der Waals surface area contributed by atoms with Crippen LogP contribution in [0.25, 0.3) is 0 Å². The number of carboxylic acid groups (broad SMARTS) is 2. The lowest BCUT2D eigenvalue weighted by molar-refractivity contribution is -0.193. The minimum atomic E-state index is -5.08. The van der Waals surface area contributed by atoms with Gasteiger partial charge < -0.3 is 20.0 Å². The molecule has 1 spiro atoms. The fourth-order valence-electron chi connectivity index (χ4n) is 3.98. The molecule has 0 bridgehead atoms. The average molecular weight is 582 g/mol. The first-order valence-electron chi connectivity index (χ1n) is 11.2. The molecule has 4 rings (SSSR count). The Morgan fingerprint density at radius 2 is 1.52 bits per heavy atom. The number of pyridine rings is 2. The minimum absolute atomic E-state index is 0.0453. The smallest absolute Gasteiger partial charge is 0.475 e. The van der Waals surface area contributed by atoms with Gasteiger partial charge in [0.2, 0.25) is 11.9 Å². The van der Waals surface area contributed by atoms with Crippen LogP contribution in [0.1, 0.15) is 29.6 Å². The van der Waals surface area contributed by atoms with Crippen molar-refractivity contribution in [2.75, 3.05) is 24.5 Å². The van der Waals surface area contributed by atoms with E-state index < -0.39 is 35.7 Å². The lowest BCUT2D eigenvalue weighted by Gasteiger charge is -2.39. The predicted octanol–water partition coefficient (Wildman–Crippen LogP) is 3.54. The zero-order chi connectivity index (χ0) is 30.3. The molecule has 4 heterocycles. The molecular formula is C23H21F7N4O6. The molecule has 1 unspecified atom stereocenters. The number of carbonyl (C=O) groups is 4. The zero-order valence-electron chi connectivity index (χ0n) is 20.2. The molecule has 2 aliphatic rings. The molecule has 2 aliphatic heterocycles. The van der Waals surface area contributed by atoms with Crippen molar-refractivity contribution in [1.29, 1.82) is 0 Å². The number of piperidine rings is 1. The summed E-state index contributed by atoms with van der Waals surface area (Å²) in [4.78, 5) is 54.7. The second kappa shape index (κ2) is 12.7. The number of alkyl halides is 6. The molecule has 0 radical (unpaired) electrons. The Labute approximate surface area is 221 Å². The molecule has 1 atom stereocenters. The quantitative estimate of drug-likeness (QED) is 0.405. The minimum Gasteiger partial charge on any atom is -0.475 e. The SMILES string of the molecule is O=C(O)C(F)(F)F.O=C(O)C(F)(F)F.O=C(c1ccnc(F)c1)N1CCCC2(CCN(c3cccnc3)C2=O)C1. The maximum absolute atomic E-state index is 13.3. The number of halogens is 7. The van der Waals surface area contributed by atoms with Crippen LogP contribution in [0.5, 0.6) is 0 Å². The number of carbonyl (C=O) groups excluding carboxylic acids is 2. The van der Waals surface area contributed by atoms with Crippen molar-refractivity contribution in [3.05, 3.63) is 54.4 Å². The van der Waals surface area contributed by atoms with Gasteiger partial charge in [-0.2, -0.15) is 30.7 Å². The normalized spacial score (nSPS) is 18.8. The molecule has 0 saturated carbocycles. The van der Waals surface area contributed by atoms with Crippen molar-refractivity contribution in [1.82, 2.24) is 14.9 Å². The lowest BCUT2D eigenvalue weighted by atomic mass is 9.78. The van der Waals surface area contributed by atoms with Crippen LogP contribution in [0.3, 0.4) is 0 Å². The molecule has 17 heteroatoms. The van der Waals surface area contributed by atoms with E-state index in [9.17, 15) is 40.3 Å². The Morgan fingerprint density at radius 1 is 0.925 bits per heavy atom. The summed E-state index contributed by atoms with van der Waals surface area (Å²) in [6.45, 7) is 1.56. The van der Waals surface area contributed by atoms with E-state index in [1.54, 1.807) is 22.2 Å². The summed E-state index contributed by atoms with van der Waals surface area (Å²) in [5.74, 6) is -6.40. The molecule has 0 aliphatic carbocycles. The van der Waals surface area contributed by atoms with E-state index in [4.69, 9.17) is 19.8 Å². The molecule has 218 valence electrons. The maximum Gasteiger partial charge on any atom is 0.490 e. The standard InChI is InChI=1S/C19H19FN4O2.2C2HF3O2/c20-16-11-14(4-8-22-16)17(25)23-9-2-5-19(13-23)6-10-24(18(19)26)15-3-1-7-21-12-15;2*3-2(4,5)1(6)7/h1,3-4,7-8,11-12H,2,5-6,9-10,13H2;2*(H,6,7). The van der Waals surface area contributed by atoms with Crippen LogP contribution in [-0.2, 0) is 14.4 Å². The third kappa shape index (κ3) is 8.34. The number of rotatable bonds is 2. The van der Waals surface area contributed by atoms with Gasteiger partial charge in [-0.15, -0.1) is 0 Å². The maximum atomic E-state index is 13.3. The summed E-state index contributed by atoms with van der Waals surface area (Å²) in [6, 6.07) is 6.32. The van der Waals surface area contributed by atoms with Crippen molar-refractivity contribution in [3.63, 3.8) is 0 Å². The van der Waals surface area contributed by atoms with Gasteiger partial charge in [0.1, 0.15) is 0 Å². The Bertz CT molecular complexity index is 1200. The van der Waals surface area contributed by atoms with Crippen molar-refractivity contribution < 1.29 is 60.1 Å². The fourth-order valence-corrected chi connectivity index (χ4v) is 3.98. The summed E-state index contributed by atoms with van der Waals surface area (Å²) >= 11 is 0. The van der Waals surface area contributed by atoms with Crippen LogP contribution in [0.15, 0.2) is 42.9 Å². The van der Waals surface area contributed by atoms with E-state index in [1.165, 1.54) is 12.3 Å². The number of carboxylic acids is 2. The molecular weight excluding hydrogens is 561 g/mol. The number of nitrogens with zero attached hydrogens (tertiary/aromatic N) is 4. The summed E-state index contributed by atoms with van der Waals surface area (Å²) in [5, 5.41) is 14.2. The Balaban J connectivity index is 0.000000333. The van der Waals surface area contributed by atoms with Gasteiger partial charge in [-0.05, 0) is 37.5 Å². The Morgan fingerprint density at radius 3 is 2.02 bits per heavy atom. The average Bonchev–Trinajstić information content (AvgIpc) is 3.18. The number of likely N-dealkylation sites (tertiary alicyclic amines) is 1. The molecule has 40 heavy (non-hydrogen) atoms. The second-order valence-electron chi connectivity index (χ2n) is 8.50. The number of hydrogen-bond donors (Lipinski definition) is 2. The van der Waals surface area contributed by atoms with E-state index in [2.05, 4.69) is 9.97 Å². The van der Waals surface area contributed by atoms with Gasteiger partial charge in [-0.1, -0.05) is 0 Å². The van der Waals surface area contributed by atoms with E-state index >= 15 is 0 Å². The zero-order valence-corrected chi connectivity index (χ0v) is 20.2. The lowest BCUT2D eigenvalue weighted by Crippen LogP contribution is -2.50. The molecule has 10 nitrogen and oxygen atoms in total. The van der Waals surface area contributed by atoms with E-state index in [0.29, 0.717) is 26.1 Å². The first-order chi connectivity index (χ1) is 18.5. The topological polar surface area (TPSA) is 141 Å². The van der Waals surface area contributed by atoms with Crippen molar-refractivity contribution >= 4 is 29.4 Å². The van der Waals surface area contributed by atoms with Crippen molar-refractivity contribution in [3.8, 4) is 0 Å². The highest BCUT2D eigenvalue weighted by Crippen LogP contribution is 2.42. The van der Waals surface area contributed by atoms with Gasteiger partial charge in [0.15, 0.2) is 0 Å². The molecule has 2 amide bonds. The monoisotopic (exact) mass is 582 g/mol. The van der Waals surface area contributed by atoms with E-state index in [-0.39, 0.29) is 17.4 Å². The van der Waals surface area contributed by atoms with Crippen molar-refractivity contribution in [2.24, 2.45) is 5.41 Å². The first kappa shape index (κ1) is 31.9. The van der Waals surface area contributed by atoms with Gasteiger partial charge in [0.05, 0.1) is 17.3 Å². The number of hydrogen-bond acceptors (Lipinski definition) is 6. The van der Waals surface area contributed by atoms with Gasteiger partial charge in [0, 0.05) is 43.7 Å².